The number of hydrogen-bond donors (Lipinski definition) is 1. The first-order chi connectivity index (χ1) is 10.1. The lowest BCUT2D eigenvalue weighted by atomic mass is 10.0. The van der Waals surface area contributed by atoms with Crippen molar-refractivity contribution in [3.05, 3.63) is 5.89 Å². The predicted octanol–water partition coefficient (Wildman–Crippen LogP) is 1.39. The van der Waals surface area contributed by atoms with Crippen LogP contribution >= 0.6 is 0 Å². The first-order valence-corrected chi connectivity index (χ1v) is 8.09. The van der Waals surface area contributed by atoms with Gasteiger partial charge in [0.25, 0.3) is 5.95 Å². The number of likely N-dealkylation sites (N-methyl/N-ethyl adjacent to an activating group) is 1. The van der Waals surface area contributed by atoms with Crippen LogP contribution in [0.1, 0.15) is 33.1 Å². The summed E-state index contributed by atoms with van der Waals surface area (Å²) in [5, 5.41) is 7.71. The van der Waals surface area contributed by atoms with Crippen molar-refractivity contribution in [3.63, 3.8) is 0 Å². The maximum absolute atomic E-state index is 5.45. The van der Waals surface area contributed by atoms with E-state index in [-0.39, 0.29) is 0 Å². The maximum atomic E-state index is 5.45. The molecule has 1 N–H and O–H groups in total. The standard InChI is InChI=1S/C15H29N5O/c1-5-6-16-13(12(2)3)11-14-17-15(18-21-14)20-9-7-19(4)8-10-20/h12-13,16H,5-11H2,1-4H3. The van der Waals surface area contributed by atoms with E-state index in [0.717, 1.165) is 57.4 Å². The summed E-state index contributed by atoms with van der Waals surface area (Å²) in [6.45, 7) is 11.7. The molecule has 6 heteroatoms. The second-order valence-corrected chi connectivity index (χ2v) is 6.29. The van der Waals surface area contributed by atoms with Gasteiger partial charge in [0.05, 0.1) is 0 Å². The van der Waals surface area contributed by atoms with Gasteiger partial charge in [0, 0.05) is 38.6 Å². The third-order valence-electron chi connectivity index (χ3n) is 4.10. The van der Waals surface area contributed by atoms with Crippen LogP contribution in [0.25, 0.3) is 0 Å². The SMILES string of the molecule is CCCNC(Cc1nc(N2CCN(C)CC2)no1)C(C)C. The third-order valence-corrected chi connectivity index (χ3v) is 4.10. The minimum Gasteiger partial charge on any atom is -0.337 e. The van der Waals surface area contributed by atoms with E-state index in [0.29, 0.717) is 12.0 Å². The second kappa shape index (κ2) is 7.75. The van der Waals surface area contributed by atoms with E-state index in [1.54, 1.807) is 0 Å². The Kier molecular flexibility index (Phi) is 5.99. The molecule has 1 aliphatic heterocycles. The van der Waals surface area contributed by atoms with Crippen molar-refractivity contribution in [1.29, 1.82) is 0 Å². The Labute approximate surface area is 127 Å². The second-order valence-electron chi connectivity index (χ2n) is 6.29. The van der Waals surface area contributed by atoms with Crippen molar-refractivity contribution in [2.75, 3.05) is 44.7 Å². The highest BCUT2D eigenvalue weighted by atomic mass is 16.5. The van der Waals surface area contributed by atoms with Crippen LogP contribution in [0.2, 0.25) is 0 Å². The number of aromatic nitrogens is 2. The molecule has 0 aliphatic carbocycles. The van der Waals surface area contributed by atoms with Gasteiger partial charge in [-0.25, -0.2) is 0 Å². The molecule has 1 aromatic rings. The van der Waals surface area contributed by atoms with E-state index in [4.69, 9.17) is 4.52 Å². The van der Waals surface area contributed by atoms with Crippen molar-refractivity contribution in [3.8, 4) is 0 Å². The van der Waals surface area contributed by atoms with Crippen LogP contribution in [0, 0.1) is 5.92 Å². The Morgan fingerprint density at radius 3 is 2.57 bits per heavy atom. The zero-order valence-electron chi connectivity index (χ0n) is 13.8. The fourth-order valence-electron chi connectivity index (χ4n) is 2.53. The molecule has 1 unspecified atom stereocenters. The van der Waals surface area contributed by atoms with E-state index < -0.39 is 0 Å². The van der Waals surface area contributed by atoms with Crippen molar-refractivity contribution in [1.82, 2.24) is 20.4 Å². The summed E-state index contributed by atoms with van der Waals surface area (Å²) in [7, 11) is 2.14. The van der Waals surface area contributed by atoms with Gasteiger partial charge in [-0.15, -0.1) is 0 Å². The van der Waals surface area contributed by atoms with Gasteiger partial charge in [-0.2, -0.15) is 4.98 Å². The van der Waals surface area contributed by atoms with E-state index in [1.807, 2.05) is 0 Å². The summed E-state index contributed by atoms with van der Waals surface area (Å²) in [4.78, 5) is 9.10. The number of nitrogens with zero attached hydrogens (tertiary/aromatic N) is 4. The highest BCUT2D eigenvalue weighted by Gasteiger charge is 2.21. The molecular formula is C15H29N5O. The molecule has 0 radical (unpaired) electrons. The van der Waals surface area contributed by atoms with Crippen LogP contribution in [0.4, 0.5) is 5.95 Å². The highest BCUT2D eigenvalue weighted by molar-refractivity contribution is 5.28. The van der Waals surface area contributed by atoms with Crippen molar-refractivity contribution < 1.29 is 4.52 Å². The van der Waals surface area contributed by atoms with Gasteiger partial charge in [0.2, 0.25) is 5.89 Å². The summed E-state index contributed by atoms with van der Waals surface area (Å²) >= 11 is 0. The molecule has 1 atom stereocenters. The average molecular weight is 295 g/mol. The Balaban J connectivity index is 1.92. The van der Waals surface area contributed by atoms with Crippen LogP contribution in [-0.2, 0) is 6.42 Å². The summed E-state index contributed by atoms with van der Waals surface area (Å²) in [5.74, 6) is 2.04. The van der Waals surface area contributed by atoms with Gasteiger partial charge >= 0.3 is 0 Å². The summed E-state index contributed by atoms with van der Waals surface area (Å²) in [6.07, 6.45) is 1.94. The van der Waals surface area contributed by atoms with Crippen molar-refractivity contribution in [2.45, 2.75) is 39.7 Å². The van der Waals surface area contributed by atoms with Crippen LogP contribution in [0.3, 0.4) is 0 Å². The monoisotopic (exact) mass is 295 g/mol. The van der Waals surface area contributed by atoms with Crippen LogP contribution in [0.5, 0.6) is 0 Å². The lowest BCUT2D eigenvalue weighted by Gasteiger charge is -2.31. The minimum absolute atomic E-state index is 0.394. The predicted molar refractivity (Wildman–Crippen MR) is 84.6 cm³/mol. The Morgan fingerprint density at radius 1 is 1.24 bits per heavy atom. The van der Waals surface area contributed by atoms with E-state index in [2.05, 4.69) is 53.1 Å². The van der Waals surface area contributed by atoms with Gasteiger partial charge in [-0.3, -0.25) is 0 Å². The highest BCUT2D eigenvalue weighted by Crippen LogP contribution is 2.15. The average Bonchev–Trinajstić information content (AvgIpc) is 2.92. The fraction of sp³-hybridized carbons (Fsp3) is 0.867. The topological polar surface area (TPSA) is 57.4 Å². The van der Waals surface area contributed by atoms with Crippen molar-refractivity contribution >= 4 is 5.95 Å². The molecule has 21 heavy (non-hydrogen) atoms. The summed E-state index contributed by atoms with van der Waals surface area (Å²) < 4.78 is 5.45. The molecule has 2 rings (SSSR count). The number of rotatable bonds is 7. The molecule has 0 saturated carbocycles. The Morgan fingerprint density at radius 2 is 1.95 bits per heavy atom. The molecule has 0 spiro atoms. The number of piperazine rings is 1. The molecule has 1 aromatic heterocycles. The first-order valence-electron chi connectivity index (χ1n) is 8.09. The molecule has 2 heterocycles. The van der Waals surface area contributed by atoms with Gasteiger partial charge in [-0.05, 0) is 31.1 Å². The van der Waals surface area contributed by atoms with E-state index >= 15 is 0 Å². The summed E-state index contributed by atoms with van der Waals surface area (Å²) in [6, 6.07) is 0.394. The molecule has 0 bridgehead atoms. The largest absolute Gasteiger partial charge is 0.337 e. The zero-order valence-corrected chi connectivity index (χ0v) is 13.8. The Bertz CT molecular complexity index is 412. The molecule has 6 nitrogen and oxygen atoms in total. The smallest absolute Gasteiger partial charge is 0.266 e. The maximum Gasteiger partial charge on any atom is 0.266 e. The lowest BCUT2D eigenvalue weighted by Crippen LogP contribution is -2.45. The third kappa shape index (κ3) is 4.68. The van der Waals surface area contributed by atoms with Gasteiger partial charge in [0.15, 0.2) is 0 Å². The first kappa shape index (κ1) is 16.2. The van der Waals surface area contributed by atoms with E-state index in [9.17, 15) is 0 Å². The molecule has 0 amide bonds. The fourth-order valence-corrected chi connectivity index (χ4v) is 2.53. The van der Waals surface area contributed by atoms with Gasteiger partial charge in [0.1, 0.15) is 0 Å². The molecule has 1 fully saturated rings. The quantitative estimate of drug-likeness (QED) is 0.820. The Hall–Kier alpha value is -1.14. The summed E-state index contributed by atoms with van der Waals surface area (Å²) in [5.41, 5.74) is 0. The van der Waals surface area contributed by atoms with Crippen LogP contribution < -0.4 is 10.2 Å². The molecule has 120 valence electrons. The van der Waals surface area contributed by atoms with Gasteiger partial charge < -0.3 is 19.6 Å². The normalized spacial score (nSPS) is 18.4. The molecule has 0 aromatic carbocycles. The van der Waals surface area contributed by atoms with E-state index in [1.165, 1.54) is 0 Å². The number of anilines is 1. The zero-order chi connectivity index (χ0) is 15.2. The van der Waals surface area contributed by atoms with Crippen molar-refractivity contribution in [2.24, 2.45) is 5.92 Å². The molecular weight excluding hydrogens is 266 g/mol. The van der Waals surface area contributed by atoms with Crippen LogP contribution in [0.15, 0.2) is 4.52 Å². The minimum atomic E-state index is 0.394. The van der Waals surface area contributed by atoms with Crippen LogP contribution in [-0.4, -0.2) is 60.9 Å². The lowest BCUT2D eigenvalue weighted by molar-refractivity contribution is 0.306. The van der Waals surface area contributed by atoms with Gasteiger partial charge in [-0.1, -0.05) is 20.8 Å². The number of hydrogen-bond acceptors (Lipinski definition) is 6. The molecule has 1 saturated heterocycles. The number of nitrogens with one attached hydrogen (secondary N) is 1. The molecule has 1 aliphatic rings.